The van der Waals surface area contributed by atoms with E-state index in [1.54, 1.807) is 29.1 Å². The Morgan fingerprint density at radius 2 is 1.79 bits per heavy atom. The number of amides is 2. The summed E-state index contributed by atoms with van der Waals surface area (Å²) in [6, 6.07) is 30.2. The van der Waals surface area contributed by atoms with Crippen molar-refractivity contribution in [1.29, 1.82) is 0 Å². The number of nitrogens with zero attached hydrogens (tertiary/aromatic N) is 4. The first-order chi connectivity index (χ1) is 20.5. The van der Waals surface area contributed by atoms with Crippen molar-refractivity contribution in [2.75, 3.05) is 17.2 Å². The van der Waals surface area contributed by atoms with E-state index >= 15 is 0 Å². The van der Waals surface area contributed by atoms with Gasteiger partial charge in [0.05, 0.1) is 22.4 Å². The molecule has 2 aromatic heterocycles. The third-order valence-corrected chi connectivity index (χ3v) is 8.59. The van der Waals surface area contributed by atoms with Gasteiger partial charge in [0.25, 0.3) is 0 Å². The average Bonchev–Trinajstić information content (AvgIpc) is 3.33. The van der Waals surface area contributed by atoms with E-state index in [-0.39, 0.29) is 29.4 Å². The number of aryl methyl sites for hydroxylation is 2. The summed E-state index contributed by atoms with van der Waals surface area (Å²) in [6.07, 6.45) is 3.42. The van der Waals surface area contributed by atoms with Gasteiger partial charge in [-0.15, -0.1) is 11.8 Å². The van der Waals surface area contributed by atoms with E-state index in [9.17, 15) is 9.59 Å². The first kappa shape index (κ1) is 27.5. The van der Waals surface area contributed by atoms with Crippen LogP contribution >= 0.6 is 11.8 Å². The number of thioether (sulfide) groups is 1. The number of benzene rings is 3. The molecule has 0 radical (unpaired) electrons. The Balaban J connectivity index is 1.53. The summed E-state index contributed by atoms with van der Waals surface area (Å²) in [7, 11) is 0. The second-order valence-corrected chi connectivity index (χ2v) is 11.5. The van der Waals surface area contributed by atoms with Gasteiger partial charge in [0, 0.05) is 30.1 Å². The number of para-hydroxylation sites is 1. The summed E-state index contributed by atoms with van der Waals surface area (Å²) in [5, 5.41) is 7.99. The molecular weight excluding hydrogens is 542 g/mol. The molecule has 7 nitrogen and oxygen atoms in total. The van der Waals surface area contributed by atoms with Gasteiger partial charge < -0.3 is 5.32 Å². The normalized spacial score (nSPS) is 14.8. The molecule has 1 aliphatic rings. The van der Waals surface area contributed by atoms with E-state index in [0.29, 0.717) is 12.4 Å². The predicted octanol–water partition coefficient (Wildman–Crippen LogP) is 6.04. The number of fused-ring (bicyclic) bond motifs is 1. The highest BCUT2D eigenvalue weighted by Crippen LogP contribution is 2.48. The fraction of sp³-hybridized carbons (Fsp3) is 0.176. The Morgan fingerprint density at radius 3 is 2.55 bits per heavy atom. The van der Waals surface area contributed by atoms with E-state index < -0.39 is 0 Å². The molecule has 3 aromatic carbocycles. The van der Waals surface area contributed by atoms with Gasteiger partial charge in [-0.05, 0) is 42.7 Å². The topological polar surface area (TPSA) is 80.1 Å². The lowest BCUT2D eigenvalue weighted by atomic mass is 9.98. The zero-order chi connectivity index (χ0) is 29.1. The Bertz CT molecular complexity index is 1740. The molecular formula is C34H31N5O2S. The smallest absolute Gasteiger partial charge is 0.240 e. The fourth-order valence-corrected chi connectivity index (χ4v) is 6.48. The Hall–Kier alpha value is -4.69. The number of carbonyl (C=O) groups is 2. The van der Waals surface area contributed by atoms with Gasteiger partial charge in [-0.3, -0.25) is 19.5 Å². The molecule has 210 valence electrons. The molecule has 0 bridgehead atoms. The first-order valence-electron chi connectivity index (χ1n) is 13.9. The maximum absolute atomic E-state index is 13.9. The first-order valence-corrected chi connectivity index (χ1v) is 14.9. The van der Waals surface area contributed by atoms with E-state index in [2.05, 4.69) is 41.5 Å². The average molecular weight is 574 g/mol. The molecule has 0 saturated carbocycles. The highest BCUT2D eigenvalue weighted by molar-refractivity contribution is 8.00. The van der Waals surface area contributed by atoms with Gasteiger partial charge in [-0.2, -0.15) is 5.10 Å². The van der Waals surface area contributed by atoms with Gasteiger partial charge >= 0.3 is 0 Å². The van der Waals surface area contributed by atoms with E-state index in [1.807, 2.05) is 78.3 Å². The summed E-state index contributed by atoms with van der Waals surface area (Å²) in [5.74, 6) is 0.463. The van der Waals surface area contributed by atoms with Crippen LogP contribution in [0.15, 0.2) is 103 Å². The van der Waals surface area contributed by atoms with Crippen molar-refractivity contribution >= 4 is 29.4 Å². The Labute approximate surface area is 249 Å². The van der Waals surface area contributed by atoms with Crippen LogP contribution < -0.4 is 10.2 Å². The molecule has 0 aliphatic carbocycles. The molecule has 1 atom stereocenters. The second-order valence-electron chi connectivity index (χ2n) is 10.4. The molecule has 0 fully saturated rings. The van der Waals surface area contributed by atoms with Crippen molar-refractivity contribution in [3.05, 3.63) is 131 Å². The van der Waals surface area contributed by atoms with Crippen LogP contribution in [0.25, 0.3) is 16.9 Å². The molecule has 0 spiro atoms. The quantitative estimate of drug-likeness (QED) is 0.257. The number of aromatic nitrogens is 3. The minimum absolute atomic E-state index is 0.126. The molecule has 8 heteroatoms. The van der Waals surface area contributed by atoms with Gasteiger partial charge in [0.1, 0.15) is 12.4 Å². The second kappa shape index (κ2) is 12.0. The highest BCUT2D eigenvalue weighted by Gasteiger charge is 2.37. The third kappa shape index (κ3) is 5.58. The van der Waals surface area contributed by atoms with Crippen molar-refractivity contribution in [2.24, 2.45) is 0 Å². The predicted molar refractivity (Wildman–Crippen MR) is 168 cm³/mol. The molecule has 42 heavy (non-hydrogen) atoms. The lowest BCUT2D eigenvalue weighted by Crippen LogP contribution is -2.42. The number of anilines is 1. The highest BCUT2D eigenvalue weighted by atomic mass is 32.2. The molecule has 1 aliphatic heterocycles. The maximum atomic E-state index is 13.9. The Morgan fingerprint density at radius 1 is 0.976 bits per heavy atom. The monoisotopic (exact) mass is 573 g/mol. The number of hydrogen-bond acceptors (Lipinski definition) is 5. The van der Waals surface area contributed by atoms with Crippen molar-refractivity contribution < 1.29 is 9.59 Å². The lowest BCUT2D eigenvalue weighted by Gasteiger charge is -2.24. The van der Waals surface area contributed by atoms with Crippen LogP contribution in [-0.4, -0.2) is 38.9 Å². The molecule has 3 heterocycles. The van der Waals surface area contributed by atoms with E-state index in [0.717, 1.165) is 44.8 Å². The number of nitrogens with one attached hydrogen (secondary N) is 1. The summed E-state index contributed by atoms with van der Waals surface area (Å²) in [6.45, 7) is 4.31. The number of rotatable bonds is 7. The van der Waals surface area contributed by atoms with Crippen LogP contribution in [0, 0.1) is 13.8 Å². The van der Waals surface area contributed by atoms with Gasteiger partial charge in [0.15, 0.2) is 0 Å². The standard InChI is InChI=1S/C34H31N5O2S/c1-23-10-8-15-27(18-23)33-31-32(26-13-4-3-5-14-26)37-39(28-16-7-6-11-24(28)2)34(31)38(30(41)22-42-33)21-29(40)36-20-25-12-9-17-35-19-25/h3-19,33H,20-22H2,1-2H3,(H,36,40). The van der Waals surface area contributed by atoms with Crippen LogP contribution in [0.1, 0.15) is 33.1 Å². The molecule has 0 saturated heterocycles. The van der Waals surface area contributed by atoms with E-state index in [4.69, 9.17) is 5.10 Å². The molecule has 5 aromatic rings. The summed E-state index contributed by atoms with van der Waals surface area (Å²) >= 11 is 1.57. The van der Waals surface area contributed by atoms with Crippen LogP contribution in [0.5, 0.6) is 0 Å². The van der Waals surface area contributed by atoms with Crippen molar-refractivity contribution in [3.8, 4) is 16.9 Å². The summed E-state index contributed by atoms with van der Waals surface area (Å²) in [4.78, 5) is 33.0. The summed E-state index contributed by atoms with van der Waals surface area (Å²) < 4.78 is 1.86. The summed E-state index contributed by atoms with van der Waals surface area (Å²) in [5.41, 5.74) is 7.67. The third-order valence-electron chi connectivity index (χ3n) is 7.34. The molecule has 1 N–H and O–H groups in total. The fourth-order valence-electron chi connectivity index (χ4n) is 5.30. The van der Waals surface area contributed by atoms with Gasteiger partial charge in [-0.1, -0.05) is 84.4 Å². The van der Waals surface area contributed by atoms with Crippen LogP contribution in [0.4, 0.5) is 5.82 Å². The largest absolute Gasteiger partial charge is 0.350 e. The van der Waals surface area contributed by atoms with Crippen LogP contribution in [0.3, 0.4) is 0 Å². The number of pyridine rings is 1. The molecule has 1 unspecified atom stereocenters. The zero-order valence-electron chi connectivity index (χ0n) is 23.5. The SMILES string of the molecule is Cc1cccc(C2SCC(=O)N(CC(=O)NCc3cccnc3)c3c2c(-c2ccccc2)nn3-c2ccccc2C)c1. The number of carbonyl (C=O) groups excluding carboxylic acids is 2. The minimum atomic E-state index is -0.254. The lowest BCUT2D eigenvalue weighted by molar-refractivity contribution is -0.123. The van der Waals surface area contributed by atoms with Gasteiger partial charge in [-0.25, -0.2) is 4.68 Å². The number of hydrogen-bond donors (Lipinski definition) is 1. The molecule has 2 amide bonds. The van der Waals surface area contributed by atoms with Crippen molar-refractivity contribution in [3.63, 3.8) is 0 Å². The Kier molecular flexibility index (Phi) is 7.88. The van der Waals surface area contributed by atoms with Crippen LogP contribution in [0.2, 0.25) is 0 Å². The van der Waals surface area contributed by atoms with E-state index in [1.165, 1.54) is 0 Å². The van der Waals surface area contributed by atoms with Crippen molar-refractivity contribution in [1.82, 2.24) is 20.1 Å². The van der Waals surface area contributed by atoms with Crippen molar-refractivity contribution in [2.45, 2.75) is 25.6 Å². The zero-order valence-corrected chi connectivity index (χ0v) is 24.3. The minimum Gasteiger partial charge on any atom is -0.350 e. The van der Waals surface area contributed by atoms with Gasteiger partial charge in [0.2, 0.25) is 11.8 Å². The maximum Gasteiger partial charge on any atom is 0.240 e. The molecule has 6 rings (SSSR count). The van der Waals surface area contributed by atoms with Crippen LogP contribution in [-0.2, 0) is 16.1 Å².